The van der Waals surface area contributed by atoms with E-state index in [1.807, 2.05) is 30.0 Å². The Bertz CT molecular complexity index is 456. The lowest BCUT2D eigenvalue weighted by atomic mass is 10.1. The number of hydrogen-bond acceptors (Lipinski definition) is 3. The Hall–Kier alpha value is -0.620. The van der Waals surface area contributed by atoms with E-state index in [0.717, 1.165) is 15.6 Å². The molecule has 0 aromatic heterocycles. The number of hydrogen-bond donors (Lipinski definition) is 1. The summed E-state index contributed by atoms with van der Waals surface area (Å²) in [5.41, 5.74) is 7.31. The highest BCUT2D eigenvalue weighted by Crippen LogP contribution is 2.18. The largest absolute Gasteiger partial charge is 0.373 e. The summed E-state index contributed by atoms with van der Waals surface area (Å²) in [6, 6.07) is 5.70. The van der Waals surface area contributed by atoms with Crippen molar-refractivity contribution in [3.05, 3.63) is 33.8 Å². The molecule has 1 saturated heterocycles. The van der Waals surface area contributed by atoms with Gasteiger partial charge in [0.15, 0.2) is 0 Å². The topological polar surface area (TPSA) is 55.6 Å². The Balaban J connectivity index is 0.00000180. The molecule has 1 unspecified atom stereocenters. The maximum Gasteiger partial charge on any atom is 0.254 e. The predicted octanol–water partition coefficient (Wildman–Crippen LogP) is 1.98. The molecule has 0 spiro atoms. The third-order valence-corrected chi connectivity index (χ3v) is 3.60. The number of nitrogens with zero attached hydrogens (tertiary/aromatic N) is 1. The number of carbonyl (C=O) groups excluding carboxylic acids is 1. The maximum absolute atomic E-state index is 12.4. The van der Waals surface area contributed by atoms with Crippen molar-refractivity contribution in [2.24, 2.45) is 5.73 Å². The lowest BCUT2D eigenvalue weighted by molar-refractivity contribution is -0.0167. The highest BCUT2D eigenvalue weighted by atomic mass is 79.9. The second-order valence-corrected chi connectivity index (χ2v) is 5.35. The van der Waals surface area contributed by atoms with Crippen molar-refractivity contribution >= 4 is 34.2 Å². The standard InChI is InChI=1S/C13H17BrN2O2.ClH/c1-9-6-10(14)2-3-12(9)13(17)16-4-5-18-11(7-15)8-16;/h2-3,6,11H,4-5,7-8,15H2,1H3;1H. The van der Waals surface area contributed by atoms with Crippen LogP contribution in [0.1, 0.15) is 15.9 Å². The van der Waals surface area contributed by atoms with E-state index in [4.69, 9.17) is 10.5 Å². The van der Waals surface area contributed by atoms with Crippen molar-refractivity contribution < 1.29 is 9.53 Å². The normalized spacial score (nSPS) is 18.9. The molecule has 1 aliphatic rings. The van der Waals surface area contributed by atoms with Gasteiger partial charge in [-0.2, -0.15) is 0 Å². The maximum atomic E-state index is 12.4. The summed E-state index contributed by atoms with van der Waals surface area (Å²) in [4.78, 5) is 14.2. The summed E-state index contributed by atoms with van der Waals surface area (Å²) in [5, 5.41) is 0. The Labute approximate surface area is 127 Å². The van der Waals surface area contributed by atoms with Crippen LogP contribution in [0.5, 0.6) is 0 Å². The number of carbonyl (C=O) groups is 1. The van der Waals surface area contributed by atoms with Gasteiger partial charge in [-0.15, -0.1) is 12.4 Å². The van der Waals surface area contributed by atoms with E-state index in [2.05, 4.69) is 15.9 Å². The molecule has 1 aliphatic heterocycles. The van der Waals surface area contributed by atoms with Gasteiger partial charge in [0.25, 0.3) is 5.91 Å². The highest BCUT2D eigenvalue weighted by molar-refractivity contribution is 9.10. The minimum absolute atomic E-state index is 0. The van der Waals surface area contributed by atoms with E-state index in [-0.39, 0.29) is 24.4 Å². The monoisotopic (exact) mass is 348 g/mol. The Morgan fingerprint density at radius 3 is 2.95 bits per heavy atom. The van der Waals surface area contributed by atoms with Crippen LogP contribution < -0.4 is 5.73 Å². The van der Waals surface area contributed by atoms with E-state index in [9.17, 15) is 4.79 Å². The Morgan fingerprint density at radius 1 is 1.58 bits per heavy atom. The Kier molecular flexibility index (Phi) is 6.26. The van der Waals surface area contributed by atoms with Crippen molar-refractivity contribution in [1.29, 1.82) is 0 Å². The lowest BCUT2D eigenvalue weighted by Crippen LogP contribution is -2.48. The fourth-order valence-corrected chi connectivity index (χ4v) is 2.56. The number of aryl methyl sites for hydroxylation is 1. The molecule has 1 fully saturated rings. The zero-order chi connectivity index (χ0) is 13.1. The van der Waals surface area contributed by atoms with Gasteiger partial charge in [-0.25, -0.2) is 0 Å². The average Bonchev–Trinajstić information content (AvgIpc) is 2.38. The van der Waals surface area contributed by atoms with Gasteiger partial charge in [0.1, 0.15) is 0 Å². The first-order valence-corrected chi connectivity index (χ1v) is 6.78. The highest BCUT2D eigenvalue weighted by Gasteiger charge is 2.24. The number of amides is 1. The second-order valence-electron chi connectivity index (χ2n) is 4.44. The van der Waals surface area contributed by atoms with Gasteiger partial charge < -0.3 is 15.4 Å². The summed E-state index contributed by atoms with van der Waals surface area (Å²) in [7, 11) is 0. The molecule has 0 radical (unpaired) electrons. The third-order valence-electron chi connectivity index (χ3n) is 3.11. The molecule has 1 amide bonds. The molecule has 4 nitrogen and oxygen atoms in total. The first-order valence-electron chi connectivity index (χ1n) is 5.99. The second kappa shape index (κ2) is 7.24. The Morgan fingerprint density at radius 2 is 2.32 bits per heavy atom. The number of halogens is 2. The molecular formula is C13H18BrClN2O2. The quantitative estimate of drug-likeness (QED) is 0.888. The minimum atomic E-state index is -0.0431. The van der Waals surface area contributed by atoms with Gasteiger partial charge in [0, 0.05) is 29.7 Å². The summed E-state index contributed by atoms with van der Waals surface area (Å²) >= 11 is 3.40. The fraction of sp³-hybridized carbons (Fsp3) is 0.462. The summed E-state index contributed by atoms with van der Waals surface area (Å²) in [5.74, 6) is 0.0572. The van der Waals surface area contributed by atoms with Gasteiger partial charge in [-0.3, -0.25) is 4.79 Å². The van der Waals surface area contributed by atoms with Crippen LogP contribution in [0.25, 0.3) is 0 Å². The van der Waals surface area contributed by atoms with Gasteiger partial charge in [-0.05, 0) is 30.7 Å². The number of ether oxygens (including phenoxy) is 1. The number of benzene rings is 1. The first-order chi connectivity index (χ1) is 8.61. The van der Waals surface area contributed by atoms with E-state index < -0.39 is 0 Å². The van der Waals surface area contributed by atoms with Crippen LogP contribution in [0.2, 0.25) is 0 Å². The van der Waals surface area contributed by atoms with Gasteiger partial charge >= 0.3 is 0 Å². The van der Waals surface area contributed by atoms with Crippen molar-refractivity contribution in [2.75, 3.05) is 26.2 Å². The molecular weight excluding hydrogens is 332 g/mol. The molecule has 1 atom stereocenters. The van der Waals surface area contributed by atoms with Crippen molar-refractivity contribution in [1.82, 2.24) is 4.90 Å². The van der Waals surface area contributed by atoms with Crippen molar-refractivity contribution in [3.8, 4) is 0 Å². The van der Waals surface area contributed by atoms with Gasteiger partial charge in [0.2, 0.25) is 0 Å². The molecule has 106 valence electrons. The number of morpholine rings is 1. The van der Waals surface area contributed by atoms with Crippen LogP contribution in [-0.2, 0) is 4.74 Å². The fourth-order valence-electron chi connectivity index (χ4n) is 2.08. The third kappa shape index (κ3) is 3.92. The molecule has 2 rings (SSSR count). The van der Waals surface area contributed by atoms with Crippen LogP contribution in [0.4, 0.5) is 0 Å². The van der Waals surface area contributed by atoms with Gasteiger partial charge in [0.05, 0.1) is 12.7 Å². The molecule has 1 aromatic carbocycles. The zero-order valence-corrected chi connectivity index (χ0v) is 13.2. The molecule has 19 heavy (non-hydrogen) atoms. The molecule has 1 heterocycles. The molecule has 0 bridgehead atoms. The van der Waals surface area contributed by atoms with Crippen LogP contribution in [0.15, 0.2) is 22.7 Å². The van der Waals surface area contributed by atoms with Crippen LogP contribution >= 0.6 is 28.3 Å². The SMILES string of the molecule is Cc1cc(Br)ccc1C(=O)N1CCOC(CN)C1.Cl. The van der Waals surface area contributed by atoms with Crippen molar-refractivity contribution in [3.63, 3.8) is 0 Å². The van der Waals surface area contributed by atoms with Crippen molar-refractivity contribution in [2.45, 2.75) is 13.0 Å². The summed E-state index contributed by atoms with van der Waals surface area (Å²) in [6.45, 7) is 4.15. The zero-order valence-electron chi connectivity index (χ0n) is 10.8. The van der Waals surface area contributed by atoms with E-state index >= 15 is 0 Å². The molecule has 1 aromatic rings. The lowest BCUT2D eigenvalue weighted by Gasteiger charge is -2.32. The average molecular weight is 350 g/mol. The molecule has 0 aliphatic carbocycles. The molecule has 0 saturated carbocycles. The van der Waals surface area contributed by atoms with Crippen LogP contribution in [0.3, 0.4) is 0 Å². The summed E-state index contributed by atoms with van der Waals surface area (Å²) < 4.78 is 6.45. The van der Waals surface area contributed by atoms with E-state index in [1.54, 1.807) is 0 Å². The molecule has 2 N–H and O–H groups in total. The smallest absolute Gasteiger partial charge is 0.254 e. The van der Waals surface area contributed by atoms with E-state index in [1.165, 1.54) is 0 Å². The van der Waals surface area contributed by atoms with Crippen LogP contribution in [-0.4, -0.2) is 43.2 Å². The first kappa shape index (κ1) is 16.4. The van der Waals surface area contributed by atoms with E-state index in [0.29, 0.717) is 26.2 Å². The predicted molar refractivity (Wildman–Crippen MR) is 80.8 cm³/mol. The summed E-state index contributed by atoms with van der Waals surface area (Å²) in [6.07, 6.45) is -0.0431. The minimum Gasteiger partial charge on any atom is -0.373 e. The number of nitrogens with two attached hydrogens (primary N) is 1. The molecule has 6 heteroatoms. The number of rotatable bonds is 2. The van der Waals surface area contributed by atoms with Crippen LogP contribution in [0, 0.1) is 6.92 Å². The van der Waals surface area contributed by atoms with Gasteiger partial charge in [-0.1, -0.05) is 15.9 Å².